The predicted octanol–water partition coefficient (Wildman–Crippen LogP) is 1.55. The molecule has 2 amide bonds. The number of hydrogen-bond donors (Lipinski definition) is 1. The van der Waals surface area contributed by atoms with Crippen molar-refractivity contribution in [2.45, 2.75) is 45.4 Å². The molecule has 0 aromatic heterocycles. The number of amides is 2. The summed E-state index contributed by atoms with van der Waals surface area (Å²) in [6.07, 6.45) is 5.35. The average Bonchev–Trinajstić information content (AvgIpc) is 2.41. The van der Waals surface area contributed by atoms with Crippen molar-refractivity contribution < 1.29 is 9.59 Å². The molecule has 102 valence electrons. The van der Waals surface area contributed by atoms with E-state index in [1.54, 1.807) is 7.05 Å². The summed E-state index contributed by atoms with van der Waals surface area (Å²) >= 11 is 0. The SMILES string of the molecule is CCCC1(C2CCNCC2)CCC(=O)N(C)C1=O. The fraction of sp³-hybridized carbons (Fsp3) is 0.857. The molecule has 2 rings (SSSR count). The second-order valence-electron chi connectivity index (χ2n) is 5.69. The van der Waals surface area contributed by atoms with Crippen molar-refractivity contribution in [2.75, 3.05) is 20.1 Å². The molecule has 2 saturated heterocycles. The molecule has 0 aromatic carbocycles. The third-order valence-electron chi connectivity index (χ3n) is 4.71. The quantitative estimate of drug-likeness (QED) is 0.775. The lowest BCUT2D eigenvalue weighted by Gasteiger charge is -2.46. The van der Waals surface area contributed by atoms with Gasteiger partial charge in [-0.05, 0) is 44.7 Å². The van der Waals surface area contributed by atoms with Crippen LogP contribution in [0.2, 0.25) is 0 Å². The minimum absolute atomic E-state index is 0.0133. The molecule has 1 atom stereocenters. The van der Waals surface area contributed by atoms with Gasteiger partial charge >= 0.3 is 0 Å². The smallest absolute Gasteiger partial charge is 0.235 e. The lowest BCUT2D eigenvalue weighted by atomic mass is 9.63. The molecule has 0 saturated carbocycles. The maximum absolute atomic E-state index is 12.6. The Balaban J connectivity index is 2.24. The highest BCUT2D eigenvalue weighted by Crippen LogP contribution is 2.46. The summed E-state index contributed by atoms with van der Waals surface area (Å²) < 4.78 is 0. The van der Waals surface area contributed by atoms with Gasteiger partial charge in [-0.25, -0.2) is 0 Å². The Morgan fingerprint density at radius 2 is 2.00 bits per heavy atom. The molecule has 18 heavy (non-hydrogen) atoms. The van der Waals surface area contributed by atoms with Crippen LogP contribution in [0.15, 0.2) is 0 Å². The van der Waals surface area contributed by atoms with Gasteiger partial charge in [0, 0.05) is 13.5 Å². The van der Waals surface area contributed by atoms with Crippen molar-refractivity contribution in [1.82, 2.24) is 10.2 Å². The number of likely N-dealkylation sites (tertiary alicyclic amines) is 1. The maximum atomic E-state index is 12.6. The first-order valence-corrected chi connectivity index (χ1v) is 7.13. The number of imide groups is 1. The Bertz CT molecular complexity index is 337. The zero-order valence-electron chi connectivity index (χ0n) is 11.5. The normalized spacial score (nSPS) is 30.9. The van der Waals surface area contributed by atoms with E-state index in [9.17, 15) is 9.59 Å². The largest absolute Gasteiger partial charge is 0.317 e. The van der Waals surface area contributed by atoms with Crippen LogP contribution in [0, 0.1) is 11.3 Å². The van der Waals surface area contributed by atoms with E-state index in [-0.39, 0.29) is 17.2 Å². The highest BCUT2D eigenvalue weighted by Gasteiger charge is 2.49. The number of piperidine rings is 2. The fourth-order valence-corrected chi connectivity index (χ4v) is 3.69. The molecule has 0 aromatic rings. The van der Waals surface area contributed by atoms with Gasteiger partial charge in [-0.2, -0.15) is 0 Å². The Morgan fingerprint density at radius 3 is 2.61 bits per heavy atom. The molecule has 1 unspecified atom stereocenters. The van der Waals surface area contributed by atoms with Crippen LogP contribution in [0.1, 0.15) is 45.4 Å². The number of nitrogens with zero attached hydrogens (tertiary/aromatic N) is 1. The van der Waals surface area contributed by atoms with E-state index < -0.39 is 0 Å². The molecule has 2 heterocycles. The first-order valence-electron chi connectivity index (χ1n) is 7.13. The van der Waals surface area contributed by atoms with Crippen molar-refractivity contribution in [3.63, 3.8) is 0 Å². The van der Waals surface area contributed by atoms with Gasteiger partial charge in [0.2, 0.25) is 11.8 Å². The number of hydrogen-bond acceptors (Lipinski definition) is 3. The van der Waals surface area contributed by atoms with Gasteiger partial charge < -0.3 is 5.32 Å². The lowest BCUT2D eigenvalue weighted by molar-refractivity contribution is -0.160. The van der Waals surface area contributed by atoms with E-state index in [4.69, 9.17) is 0 Å². The van der Waals surface area contributed by atoms with Crippen LogP contribution in [0.25, 0.3) is 0 Å². The summed E-state index contributed by atoms with van der Waals surface area (Å²) in [6.45, 7) is 4.13. The number of rotatable bonds is 3. The van der Waals surface area contributed by atoms with Crippen LogP contribution in [0.4, 0.5) is 0 Å². The third-order valence-corrected chi connectivity index (χ3v) is 4.71. The topological polar surface area (TPSA) is 49.4 Å². The van der Waals surface area contributed by atoms with E-state index in [0.717, 1.165) is 45.2 Å². The first kappa shape index (κ1) is 13.5. The van der Waals surface area contributed by atoms with Gasteiger partial charge in [-0.15, -0.1) is 0 Å². The van der Waals surface area contributed by atoms with E-state index in [1.807, 2.05) is 0 Å². The number of carbonyl (C=O) groups excluding carboxylic acids is 2. The zero-order chi connectivity index (χ0) is 13.2. The summed E-state index contributed by atoms with van der Waals surface area (Å²) in [6, 6.07) is 0. The van der Waals surface area contributed by atoms with Crippen molar-refractivity contribution in [3.05, 3.63) is 0 Å². The van der Waals surface area contributed by atoms with E-state index in [2.05, 4.69) is 12.2 Å². The summed E-state index contributed by atoms with van der Waals surface area (Å²) in [7, 11) is 1.65. The molecule has 2 aliphatic heterocycles. The second kappa shape index (κ2) is 5.39. The van der Waals surface area contributed by atoms with E-state index in [0.29, 0.717) is 12.3 Å². The second-order valence-corrected chi connectivity index (χ2v) is 5.69. The number of nitrogens with one attached hydrogen (secondary N) is 1. The van der Waals surface area contributed by atoms with Gasteiger partial charge in [-0.1, -0.05) is 13.3 Å². The summed E-state index contributed by atoms with van der Waals surface area (Å²) in [5.74, 6) is 0.509. The molecule has 1 N–H and O–H groups in total. The van der Waals surface area contributed by atoms with E-state index >= 15 is 0 Å². The monoisotopic (exact) mass is 252 g/mol. The summed E-state index contributed by atoms with van der Waals surface area (Å²) in [5.41, 5.74) is -0.264. The number of carbonyl (C=O) groups is 2. The molecular formula is C14H24N2O2. The Morgan fingerprint density at radius 1 is 1.33 bits per heavy atom. The predicted molar refractivity (Wildman–Crippen MR) is 69.9 cm³/mol. The molecule has 0 aliphatic carbocycles. The van der Waals surface area contributed by atoms with Gasteiger partial charge in [0.1, 0.15) is 0 Å². The molecule has 0 bridgehead atoms. The standard InChI is InChI=1S/C14H24N2O2/c1-3-7-14(11-5-9-15-10-6-11)8-4-12(17)16(2)13(14)18/h11,15H,3-10H2,1-2H3. The molecule has 2 aliphatic rings. The van der Waals surface area contributed by atoms with Crippen LogP contribution in [-0.4, -0.2) is 36.9 Å². The van der Waals surface area contributed by atoms with Gasteiger partial charge in [0.05, 0.1) is 5.41 Å². The lowest BCUT2D eigenvalue weighted by Crippen LogP contribution is -2.54. The molecule has 0 spiro atoms. The molecule has 0 radical (unpaired) electrons. The Hall–Kier alpha value is -0.900. The van der Waals surface area contributed by atoms with Crippen LogP contribution in [0.5, 0.6) is 0 Å². The molecule has 2 fully saturated rings. The van der Waals surface area contributed by atoms with Crippen LogP contribution in [-0.2, 0) is 9.59 Å². The third kappa shape index (κ3) is 2.18. The van der Waals surface area contributed by atoms with Crippen molar-refractivity contribution in [1.29, 1.82) is 0 Å². The van der Waals surface area contributed by atoms with Crippen LogP contribution < -0.4 is 5.32 Å². The van der Waals surface area contributed by atoms with Crippen molar-refractivity contribution in [2.24, 2.45) is 11.3 Å². The van der Waals surface area contributed by atoms with E-state index in [1.165, 1.54) is 4.90 Å². The van der Waals surface area contributed by atoms with Gasteiger partial charge in [-0.3, -0.25) is 14.5 Å². The molecule has 4 heteroatoms. The van der Waals surface area contributed by atoms with Crippen molar-refractivity contribution in [3.8, 4) is 0 Å². The fourth-order valence-electron chi connectivity index (χ4n) is 3.69. The van der Waals surface area contributed by atoms with Gasteiger partial charge in [0.15, 0.2) is 0 Å². The molecular weight excluding hydrogens is 228 g/mol. The summed E-state index contributed by atoms with van der Waals surface area (Å²) in [4.78, 5) is 25.7. The van der Waals surface area contributed by atoms with Crippen molar-refractivity contribution >= 4 is 11.8 Å². The van der Waals surface area contributed by atoms with Crippen LogP contribution in [0.3, 0.4) is 0 Å². The highest BCUT2D eigenvalue weighted by molar-refractivity contribution is 6.00. The zero-order valence-corrected chi connectivity index (χ0v) is 11.5. The first-order chi connectivity index (χ1) is 8.62. The minimum Gasteiger partial charge on any atom is -0.317 e. The molecule has 4 nitrogen and oxygen atoms in total. The minimum atomic E-state index is -0.264. The average molecular weight is 252 g/mol. The van der Waals surface area contributed by atoms with Gasteiger partial charge in [0.25, 0.3) is 0 Å². The highest BCUT2D eigenvalue weighted by atomic mass is 16.2. The maximum Gasteiger partial charge on any atom is 0.235 e. The summed E-state index contributed by atoms with van der Waals surface area (Å²) in [5, 5.41) is 3.36. The Kier molecular flexibility index (Phi) is 4.05. The van der Waals surface area contributed by atoms with Crippen LogP contribution >= 0.6 is 0 Å². The Labute approximate surface area is 109 Å².